The van der Waals surface area contributed by atoms with Crippen LogP contribution >= 0.6 is 0 Å². The lowest BCUT2D eigenvalue weighted by molar-refractivity contribution is -0.140. The Balaban J connectivity index is 2.16. The van der Waals surface area contributed by atoms with Gasteiger partial charge in [0.1, 0.15) is 11.9 Å². The minimum Gasteiger partial charge on any atom is -0.384 e. The largest absolute Gasteiger partial charge is 0.417 e. The van der Waals surface area contributed by atoms with Crippen molar-refractivity contribution in [2.24, 2.45) is 0 Å². The zero-order valence-corrected chi connectivity index (χ0v) is 12.8. The number of hydrogen-bond donors (Lipinski definition) is 1. The van der Waals surface area contributed by atoms with Gasteiger partial charge in [-0.25, -0.2) is 4.39 Å². The number of nitrogens with zero attached hydrogens (tertiary/aromatic N) is 2. The molecule has 0 radical (unpaired) electrons. The summed E-state index contributed by atoms with van der Waals surface area (Å²) in [6.45, 7) is 1.60. The van der Waals surface area contributed by atoms with E-state index < -0.39 is 41.0 Å². The number of benzene rings is 1. The van der Waals surface area contributed by atoms with Gasteiger partial charge in [0.2, 0.25) is 0 Å². The first-order valence-corrected chi connectivity index (χ1v) is 7.24. The molecule has 1 fully saturated rings. The lowest BCUT2D eigenvalue weighted by Gasteiger charge is -2.35. The molecule has 1 heterocycles. The molecule has 1 N–H and O–H groups in total. The first-order valence-electron chi connectivity index (χ1n) is 7.24. The van der Waals surface area contributed by atoms with E-state index in [2.05, 4.69) is 0 Å². The predicted octanol–water partition coefficient (Wildman–Crippen LogP) is 1.51. The second kappa shape index (κ2) is 6.76. The van der Waals surface area contributed by atoms with Crippen LogP contribution in [-0.4, -0.2) is 59.0 Å². The van der Waals surface area contributed by atoms with Gasteiger partial charge in [0, 0.05) is 26.2 Å². The fraction of sp³-hybridized carbons (Fsp3) is 0.467. The molecular weight excluding hydrogens is 332 g/mol. The van der Waals surface area contributed by atoms with Gasteiger partial charge in [0.15, 0.2) is 0 Å². The fourth-order valence-corrected chi connectivity index (χ4v) is 2.50. The number of piperazine rings is 1. The molecule has 0 bridgehead atoms. The van der Waals surface area contributed by atoms with Crippen molar-refractivity contribution in [1.29, 1.82) is 0 Å². The third-order valence-corrected chi connectivity index (χ3v) is 3.75. The summed E-state index contributed by atoms with van der Waals surface area (Å²) in [6.07, 6.45) is -6.03. The lowest BCUT2D eigenvalue weighted by Crippen LogP contribution is -2.52. The molecule has 5 nitrogen and oxygen atoms in total. The molecule has 1 aromatic rings. The highest BCUT2D eigenvalue weighted by atomic mass is 19.4. The van der Waals surface area contributed by atoms with Crippen LogP contribution in [0.4, 0.5) is 17.6 Å². The molecule has 24 heavy (non-hydrogen) atoms. The van der Waals surface area contributed by atoms with E-state index in [-0.39, 0.29) is 26.2 Å². The van der Waals surface area contributed by atoms with E-state index in [0.717, 1.165) is 12.1 Å². The molecule has 0 aliphatic carbocycles. The average molecular weight is 348 g/mol. The molecule has 1 aromatic carbocycles. The number of carbonyl (C=O) groups is 2. The van der Waals surface area contributed by atoms with Crippen molar-refractivity contribution in [2.75, 3.05) is 26.2 Å². The van der Waals surface area contributed by atoms with E-state index in [0.29, 0.717) is 6.07 Å². The Morgan fingerprint density at radius 1 is 1.12 bits per heavy atom. The van der Waals surface area contributed by atoms with Crippen molar-refractivity contribution < 1.29 is 32.3 Å². The molecule has 0 aromatic heterocycles. The molecule has 0 unspecified atom stereocenters. The van der Waals surface area contributed by atoms with E-state index in [4.69, 9.17) is 0 Å². The number of aliphatic hydroxyl groups excluding tert-OH is 1. The molecule has 0 saturated carbocycles. The van der Waals surface area contributed by atoms with Crippen molar-refractivity contribution in [3.05, 3.63) is 35.1 Å². The van der Waals surface area contributed by atoms with E-state index in [1.54, 1.807) is 0 Å². The maximum Gasteiger partial charge on any atom is 0.417 e. The zero-order valence-electron chi connectivity index (χ0n) is 12.8. The van der Waals surface area contributed by atoms with Gasteiger partial charge >= 0.3 is 6.18 Å². The molecule has 2 amide bonds. The maximum atomic E-state index is 13.1. The summed E-state index contributed by atoms with van der Waals surface area (Å²) < 4.78 is 52.1. The Labute approximate surface area is 135 Å². The summed E-state index contributed by atoms with van der Waals surface area (Å²) in [5, 5.41) is 9.25. The Morgan fingerprint density at radius 2 is 1.67 bits per heavy atom. The van der Waals surface area contributed by atoms with Crippen molar-refractivity contribution in [2.45, 2.75) is 19.2 Å². The van der Waals surface area contributed by atoms with Crippen molar-refractivity contribution in [1.82, 2.24) is 9.80 Å². The number of alkyl halides is 3. The third kappa shape index (κ3) is 3.84. The zero-order chi connectivity index (χ0) is 18.1. The van der Waals surface area contributed by atoms with Gasteiger partial charge in [-0.3, -0.25) is 9.59 Å². The number of rotatable bonds is 2. The summed E-state index contributed by atoms with van der Waals surface area (Å²) in [7, 11) is 0. The van der Waals surface area contributed by atoms with Crippen LogP contribution in [0.2, 0.25) is 0 Å². The van der Waals surface area contributed by atoms with E-state index in [9.17, 15) is 32.3 Å². The normalized spacial score (nSPS) is 16.9. The highest BCUT2D eigenvalue weighted by Gasteiger charge is 2.37. The summed E-state index contributed by atoms with van der Waals surface area (Å²) in [6, 6.07) is 1.91. The number of carbonyl (C=O) groups excluding carboxylic acids is 2. The maximum absolute atomic E-state index is 13.1. The number of aliphatic hydroxyl groups is 1. The molecule has 0 spiro atoms. The molecule has 132 valence electrons. The minimum absolute atomic E-state index is 0.0337. The van der Waals surface area contributed by atoms with Gasteiger partial charge in [0.25, 0.3) is 11.8 Å². The van der Waals surface area contributed by atoms with Crippen LogP contribution < -0.4 is 0 Å². The molecule has 1 atom stereocenters. The summed E-state index contributed by atoms with van der Waals surface area (Å²) >= 11 is 0. The lowest BCUT2D eigenvalue weighted by atomic mass is 10.0. The fourth-order valence-electron chi connectivity index (χ4n) is 2.50. The molecule has 2 rings (SSSR count). The summed E-state index contributed by atoms with van der Waals surface area (Å²) in [5.41, 5.74) is -1.95. The second-order valence-corrected chi connectivity index (χ2v) is 5.48. The standard InChI is InChI=1S/C15H16F4N2O3/c1-9(22)13(23)20-4-6-21(7-5-20)14(24)11-3-2-10(16)8-12(11)15(17,18)19/h2-3,8-9,22H,4-7H2,1H3/t9-/m1/s1. The Hall–Kier alpha value is -2.16. The molecule has 1 aliphatic rings. The first kappa shape index (κ1) is 18.2. The molecule has 9 heteroatoms. The molecule has 1 aliphatic heterocycles. The Morgan fingerprint density at radius 3 is 2.17 bits per heavy atom. The van der Waals surface area contributed by atoms with Gasteiger partial charge in [-0.1, -0.05) is 0 Å². The highest BCUT2D eigenvalue weighted by molar-refractivity contribution is 5.96. The van der Waals surface area contributed by atoms with E-state index in [1.165, 1.54) is 16.7 Å². The highest BCUT2D eigenvalue weighted by Crippen LogP contribution is 2.33. The van der Waals surface area contributed by atoms with Crippen LogP contribution in [0.25, 0.3) is 0 Å². The number of hydrogen-bond acceptors (Lipinski definition) is 3. The quantitative estimate of drug-likeness (QED) is 0.825. The van der Waals surface area contributed by atoms with Crippen LogP contribution in [0.1, 0.15) is 22.8 Å². The molecular formula is C15H16F4N2O3. The van der Waals surface area contributed by atoms with Crippen LogP contribution in [0.3, 0.4) is 0 Å². The summed E-state index contributed by atoms with van der Waals surface area (Å²) in [4.78, 5) is 26.5. The van der Waals surface area contributed by atoms with Crippen LogP contribution in [0.15, 0.2) is 18.2 Å². The monoisotopic (exact) mass is 348 g/mol. The predicted molar refractivity (Wildman–Crippen MR) is 75.6 cm³/mol. The average Bonchev–Trinajstić information content (AvgIpc) is 2.52. The van der Waals surface area contributed by atoms with E-state index >= 15 is 0 Å². The van der Waals surface area contributed by atoms with Crippen LogP contribution in [0, 0.1) is 5.82 Å². The summed E-state index contributed by atoms with van der Waals surface area (Å²) in [5.74, 6) is -2.45. The second-order valence-electron chi connectivity index (χ2n) is 5.48. The van der Waals surface area contributed by atoms with Crippen LogP contribution in [-0.2, 0) is 11.0 Å². The SMILES string of the molecule is C[C@@H](O)C(=O)N1CCN(C(=O)c2ccc(F)cc2C(F)(F)F)CC1. The van der Waals surface area contributed by atoms with Crippen molar-refractivity contribution in [3.63, 3.8) is 0 Å². The Bertz CT molecular complexity index is 638. The van der Waals surface area contributed by atoms with Gasteiger partial charge < -0.3 is 14.9 Å². The topological polar surface area (TPSA) is 60.9 Å². The van der Waals surface area contributed by atoms with Crippen molar-refractivity contribution in [3.8, 4) is 0 Å². The van der Waals surface area contributed by atoms with Gasteiger partial charge in [-0.05, 0) is 25.1 Å². The third-order valence-electron chi connectivity index (χ3n) is 3.75. The van der Waals surface area contributed by atoms with Crippen LogP contribution in [0.5, 0.6) is 0 Å². The number of amides is 2. The van der Waals surface area contributed by atoms with E-state index in [1.807, 2.05) is 0 Å². The van der Waals surface area contributed by atoms with Crippen molar-refractivity contribution >= 4 is 11.8 Å². The van der Waals surface area contributed by atoms with Gasteiger partial charge in [-0.2, -0.15) is 13.2 Å². The molecule has 1 saturated heterocycles. The number of halogens is 4. The Kier molecular flexibility index (Phi) is 5.12. The minimum atomic E-state index is -4.85. The smallest absolute Gasteiger partial charge is 0.384 e. The van der Waals surface area contributed by atoms with Gasteiger partial charge in [0.05, 0.1) is 11.1 Å². The first-order chi connectivity index (χ1) is 11.1. The van der Waals surface area contributed by atoms with Gasteiger partial charge in [-0.15, -0.1) is 0 Å².